The van der Waals surface area contributed by atoms with Crippen LogP contribution in [-0.4, -0.2) is 10.9 Å². The Morgan fingerprint density at radius 2 is 2.00 bits per heavy atom. The molecular weight excluding hydrogens is 358 g/mol. The van der Waals surface area contributed by atoms with E-state index in [1.54, 1.807) is 24.4 Å². The molecule has 19 heavy (non-hydrogen) atoms. The molecule has 1 atom stereocenters. The summed E-state index contributed by atoms with van der Waals surface area (Å²) in [5.74, 6) is -0.920. The smallest absolute Gasteiger partial charge is 0.250 e. The van der Waals surface area contributed by atoms with Gasteiger partial charge in [0, 0.05) is 15.7 Å². The van der Waals surface area contributed by atoms with Gasteiger partial charge in [-0.05, 0) is 46.4 Å². The molecule has 0 radical (unpaired) electrons. The summed E-state index contributed by atoms with van der Waals surface area (Å²) in [5.41, 5.74) is 7.28. The molecule has 0 aliphatic heterocycles. The second-order valence-corrected chi connectivity index (χ2v) is 5.47. The number of rotatable bonds is 3. The summed E-state index contributed by atoms with van der Waals surface area (Å²) in [6, 6.07) is 7.87. The topological polar surface area (TPSA) is 56.0 Å². The van der Waals surface area contributed by atoms with Gasteiger partial charge in [-0.1, -0.05) is 19.1 Å². The van der Waals surface area contributed by atoms with E-state index >= 15 is 0 Å². The first-order chi connectivity index (χ1) is 8.99. The maximum absolute atomic E-state index is 12.9. The van der Waals surface area contributed by atoms with Crippen LogP contribution in [0.5, 0.6) is 0 Å². The second kappa shape index (κ2) is 5.64. The van der Waals surface area contributed by atoms with Crippen molar-refractivity contribution in [2.75, 3.05) is 0 Å². The number of amides is 1. The number of carbonyl (C=O) groups is 1. The molecule has 0 aliphatic carbocycles. The molecule has 1 aromatic carbocycles. The number of pyridine rings is 1. The van der Waals surface area contributed by atoms with Gasteiger partial charge in [-0.3, -0.25) is 9.78 Å². The first-order valence-corrected chi connectivity index (χ1v) is 6.77. The lowest BCUT2D eigenvalue weighted by atomic mass is 9.94. The van der Waals surface area contributed by atoms with Crippen LogP contribution in [0.4, 0.5) is 4.39 Å². The zero-order valence-electron chi connectivity index (χ0n) is 10.2. The number of nitrogens with two attached hydrogens (primary N) is 1. The Hall–Kier alpha value is -1.50. The van der Waals surface area contributed by atoms with Gasteiger partial charge in [0.05, 0.1) is 11.3 Å². The van der Waals surface area contributed by atoms with E-state index in [0.29, 0.717) is 11.3 Å². The van der Waals surface area contributed by atoms with Crippen molar-refractivity contribution in [3.05, 3.63) is 62.7 Å². The van der Waals surface area contributed by atoms with Crippen LogP contribution in [0.25, 0.3) is 0 Å². The number of aromatic nitrogens is 1. The monoisotopic (exact) mass is 370 g/mol. The lowest BCUT2D eigenvalue weighted by Gasteiger charge is -2.14. The normalized spacial score (nSPS) is 12.2. The Bertz CT molecular complexity index is 613. The van der Waals surface area contributed by atoms with Crippen molar-refractivity contribution in [1.82, 2.24) is 4.98 Å². The predicted octanol–water partition coefficient (Wildman–Crippen LogP) is 3.08. The fourth-order valence-corrected chi connectivity index (χ4v) is 2.35. The molecule has 2 N–H and O–H groups in total. The zero-order valence-corrected chi connectivity index (χ0v) is 12.4. The molecule has 5 heteroatoms. The maximum Gasteiger partial charge on any atom is 0.250 e. The molecule has 98 valence electrons. The highest BCUT2D eigenvalue weighted by Crippen LogP contribution is 2.26. The molecule has 1 heterocycles. The lowest BCUT2D eigenvalue weighted by molar-refractivity contribution is 0.0998. The molecule has 2 aromatic rings. The predicted molar refractivity (Wildman–Crippen MR) is 79.4 cm³/mol. The fraction of sp³-hybridized carbons (Fsp3) is 0.143. The van der Waals surface area contributed by atoms with E-state index in [1.165, 1.54) is 12.1 Å². The first kappa shape index (κ1) is 13.9. The van der Waals surface area contributed by atoms with E-state index in [4.69, 9.17) is 5.73 Å². The Morgan fingerprint density at radius 3 is 2.58 bits per heavy atom. The number of carbonyl (C=O) groups excluding carboxylic acids is 1. The van der Waals surface area contributed by atoms with E-state index in [1.807, 2.05) is 6.92 Å². The minimum Gasteiger partial charge on any atom is -0.366 e. The van der Waals surface area contributed by atoms with Gasteiger partial charge in [0.1, 0.15) is 5.82 Å². The van der Waals surface area contributed by atoms with Crippen molar-refractivity contribution in [2.45, 2.75) is 12.8 Å². The highest BCUT2D eigenvalue weighted by atomic mass is 127. The number of primary amides is 1. The standard InChI is InChI=1S/C14H12FIN2O/c1-8(9-2-4-10(15)5-3-9)13-12(14(17)19)6-11(16)7-18-13/h2-8H,1H3,(H2,17,19)/t8-/m0/s1. The van der Waals surface area contributed by atoms with Crippen molar-refractivity contribution in [2.24, 2.45) is 5.73 Å². The summed E-state index contributed by atoms with van der Waals surface area (Å²) >= 11 is 2.08. The van der Waals surface area contributed by atoms with Crippen LogP contribution in [0.2, 0.25) is 0 Å². The van der Waals surface area contributed by atoms with Crippen LogP contribution in [0.15, 0.2) is 36.5 Å². The summed E-state index contributed by atoms with van der Waals surface area (Å²) in [4.78, 5) is 15.8. The largest absolute Gasteiger partial charge is 0.366 e. The maximum atomic E-state index is 12.9. The SMILES string of the molecule is C[C@@H](c1ccc(F)cc1)c1ncc(I)cc1C(N)=O. The molecule has 0 bridgehead atoms. The minimum absolute atomic E-state index is 0.125. The van der Waals surface area contributed by atoms with Gasteiger partial charge in [-0.25, -0.2) is 4.39 Å². The molecule has 0 saturated carbocycles. The highest BCUT2D eigenvalue weighted by Gasteiger charge is 2.18. The third kappa shape index (κ3) is 3.09. The van der Waals surface area contributed by atoms with E-state index in [-0.39, 0.29) is 11.7 Å². The van der Waals surface area contributed by atoms with Crippen LogP contribution >= 0.6 is 22.6 Å². The van der Waals surface area contributed by atoms with Crippen LogP contribution in [0.3, 0.4) is 0 Å². The molecule has 1 aromatic heterocycles. The van der Waals surface area contributed by atoms with Crippen molar-refractivity contribution >= 4 is 28.5 Å². The molecule has 0 spiro atoms. The van der Waals surface area contributed by atoms with Gasteiger partial charge in [0.15, 0.2) is 0 Å². The third-order valence-electron chi connectivity index (χ3n) is 2.93. The van der Waals surface area contributed by atoms with E-state index in [9.17, 15) is 9.18 Å². The van der Waals surface area contributed by atoms with Gasteiger partial charge in [0.2, 0.25) is 0 Å². The number of hydrogen-bond acceptors (Lipinski definition) is 2. The molecular formula is C14H12FIN2O. The highest BCUT2D eigenvalue weighted by molar-refractivity contribution is 14.1. The van der Waals surface area contributed by atoms with Gasteiger partial charge >= 0.3 is 0 Å². The summed E-state index contributed by atoms with van der Waals surface area (Å²) in [5, 5.41) is 0. The van der Waals surface area contributed by atoms with Crippen LogP contribution in [0.1, 0.15) is 34.5 Å². The molecule has 1 amide bonds. The van der Waals surface area contributed by atoms with E-state index in [2.05, 4.69) is 27.6 Å². The van der Waals surface area contributed by atoms with Crippen molar-refractivity contribution in [1.29, 1.82) is 0 Å². The summed E-state index contributed by atoms with van der Waals surface area (Å²) in [7, 11) is 0. The molecule has 0 fully saturated rings. The average molecular weight is 370 g/mol. The van der Waals surface area contributed by atoms with Crippen molar-refractivity contribution < 1.29 is 9.18 Å². The molecule has 3 nitrogen and oxygen atoms in total. The average Bonchev–Trinajstić information content (AvgIpc) is 2.38. The number of hydrogen-bond donors (Lipinski definition) is 1. The quantitative estimate of drug-likeness (QED) is 0.845. The van der Waals surface area contributed by atoms with Crippen LogP contribution in [0, 0.1) is 9.39 Å². The van der Waals surface area contributed by atoms with Crippen molar-refractivity contribution in [3.63, 3.8) is 0 Å². The third-order valence-corrected chi connectivity index (χ3v) is 3.52. The Labute approximate surface area is 124 Å². The fourth-order valence-electron chi connectivity index (χ4n) is 1.90. The molecule has 2 rings (SSSR count). The number of halogens is 2. The van der Waals surface area contributed by atoms with Crippen LogP contribution < -0.4 is 5.73 Å². The Kier molecular flexibility index (Phi) is 4.14. The summed E-state index contributed by atoms with van der Waals surface area (Å²) < 4.78 is 13.8. The van der Waals surface area contributed by atoms with E-state index < -0.39 is 5.91 Å². The Morgan fingerprint density at radius 1 is 1.37 bits per heavy atom. The molecule has 0 unspecified atom stereocenters. The van der Waals surface area contributed by atoms with Crippen molar-refractivity contribution in [3.8, 4) is 0 Å². The van der Waals surface area contributed by atoms with Gasteiger partial charge in [-0.2, -0.15) is 0 Å². The molecule has 0 saturated heterocycles. The summed E-state index contributed by atoms with van der Waals surface area (Å²) in [6.45, 7) is 1.91. The van der Waals surface area contributed by atoms with Crippen LogP contribution in [-0.2, 0) is 0 Å². The van der Waals surface area contributed by atoms with E-state index in [0.717, 1.165) is 9.13 Å². The molecule has 0 aliphatic rings. The van der Waals surface area contributed by atoms with Gasteiger partial charge < -0.3 is 5.73 Å². The summed E-state index contributed by atoms with van der Waals surface area (Å²) in [6.07, 6.45) is 1.68. The first-order valence-electron chi connectivity index (χ1n) is 5.69. The van der Waals surface area contributed by atoms with Gasteiger partial charge in [0.25, 0.3) is 5.91 Å². The van der Waals surface area contributed by atoms with Gasteiger partial charge in [-0.15, -0.1) is 0 Å². The lowest BCUT2D eigenvalue weighted by Crippen LogP contribution is -2.17. The Balaban J connectivity index is 2.46. The minimum atomic E-state index is -0.505. The zero-order chi connectivity index (χ0) is 14.0. The number of nitrogens with zero attached hydrogens (tertiary/aromatic N) is 1. The second-order valence-electron chi connectivity index (χ2n) is 4.22. The number of benzene rings is 1.